The van der Waals surface area contributed by atoms with Crippen LogP contribution in [0.15, 0.2) is 17.1 Å². The van der Waals surface area contributed by atoms with Crippen molar-refractivity contribution in [2.24, 2.45) is 0 Å². The number of fused-ring (bicyclic) bond motifs is 1. The Bertz CT molecular complexity index is 1290. The van der Waals surface area contributed by atoms with Gasteiger partial charge in [0.05, 0.1) is 6.20 Å². The third-order valence-corrected chi connectivity index (χ3v) is 4.92. The van der Waals surface area contributed by atoms with Gasteiger partial charge in [-0.1, -0.05) is 6.08 Å². The van der Waals surface area contributed by atoms with Gasteiger partial charge in [0.15, 0.2) is 30.0 Å². The third kappa shape index (κ3) is 4.47. The fraction of sp³-hybridized carbons (Fsp3) is 0.444. The van der Waals surface area contributed by atoms with E-state index in [1.165, 1.54) is 10.8 Å². The van der Waals surface area contributed by atoms with E-state index in [9.17, 15) is 14.4 Å². The summed E-state index contributed by atoms with van der Waals surface area (Å²) in [6.45, 7) is 1.85. The number of ether oxygens (including phenoxy) is 3. The second-order valence-electron chi connectivity index (χ2n) is 7.28. The van der Waals surface area contributed by atoms with Gasteiger partial charge in [0.2, 0.25) is 5.95 Å². The van der Waals surface area contributed by atoms with Gasteiger partial charge in [-0.2, -0.15) is 4.98 Å². The fourth-order valence-electron chi connectivity index (χ4n) is 3.54. The number of nitrogens with two attached hydrogens (primary N) is 1. The lowest BCUT2D eigenvalue weighted by atomic mass is 10.1. The molecule has 3 N–H and O–H groups in total. The Kier molecular flexibility index (Phi) is 6.31. The largest absolute Gasteiger partial charge is 0.463 e. The Labute approximate surface area is 189 Å². The number of nitrogens with one attached hydrogen (secondary N) is 1. The molecule has 1 saturated heterocycles. The summed E-state index contributed by atoms with van der Waals surface area (Å²) in [5.74, 6) is -1.22. The molecule has 16 heteroatoms. The highest BCUT2D eigenvalue weighted by Gasteiger charge is 2.50. The molecule has 3 aromatic heterocycles. The van der Waals surface area contributed by atoms with Crippen LogP contribution in [0, 0.1) is 0 Å². The average molecular weight is 477 g/mol. The minimum atomic E-state index is -1.89. The number of nitrogen functional groups attached to an aromatic ring is 1. The second-order valence-corrected chi connectivity index (χ2v) is 7.28. The average Bonchev–Trinajstić information content (AvgIpc) is 3.46. The number of allylic oxidation sites excluding steroid dienone is 1. The number of carbonyl (C=O) groups is 2. The Morgan fingerprint density at radius 3 is 2.82 bits per heavy atom. The lowest BCUT2D eigenvalue weighted by Crippen LogP contribution is -2.37. The number of carbonyl (C=O) groups excluding carboxylic acids is 2. The molecule has 34 heavy (non-hydrogen) atoms. The predicted octanol–water partition coefficient (Wildman–Crippen LogP) is -0.868. The van der Waals surface area contributed by atoms with Crippen molar-refractivity contribution in [1.29, 1.82) is 0 Å². The molecule has 0 saturated carbocycles. The van der Waals surface area contributed by atoms with Crippen molar-refractivity contribution >= 4 is 35.1 Å². The maximum Gasteiger partial charge on any atom is 0.332 e. The molecule has 0 bridgehead atoms. The number of aromatic nitrogens is 8. The van der Waals surface area contributed by atoms with Gasteiger partial charge in [0.1, 0.15) is 18.2 Å². The smallest absolute Gasteiger partial charge is 0.332 e. The van der Waals surface area contributed by atoms with Gasteiger partial charge in [-0.3, -0.25) is 14.2 Å². The minimum Gasteiger partial charge on any atom is -0.463 e. The Morgan fingerprint density at radius 2 is 2.15 bits per heavy atom. The molecular weight excluding hydrogens is 457 g/mol. The number of hydrogen-bond donors (Lipinski definition) is 2. The van der Waals surface area contributed by atoms with E-state index in [4.69, 9.17) is 19.9 Å². The summed E-state index contributed by atoms with van der Waals surface area (Å²) in [4.78, 5) is 44.3. The van der Waals surface area contributed by atoms with Crippen molar-refractivity contribution in [3.63, 3.8) is 0 Å². The van der Waals surface area contributed by atoms with E-state index < -0.39 is 48.8 Å². The summed E-state index contributed by atoms with van der Waals surface area (Å²) in [5.41, 5.74) is 5.37. The van der Waals surface area contributed by atoms with Crippen LogP contribution in [0.25, 0.3) is 17.2 Å². The van der Waals surface area contributed by atoms with E-state index in [0.29, 0.717) is 5.82 Å². The number of rotatable bonds is 7. The number of esters is 2. The van der Waals surface area contributed by atoms with E-state index in [1.54, 1.807) is 12.2 Å². The van der Waals surface area contributed by atoms with Crippen molar-refractivity contribution in [3.05, 3.63) is 28.6 Å². The summed E-state index contributed by atoms with van der Waals surface area (Å²) < 4.78 is 33.2. The van der Waals surface area contributed by atoms with Crippen molar-refractivity contribution in [2.45, 2.75) is 45.0 Å². The molecule has 0 spiro atoms. The molecule has 4 heterocycles. The monoisotopic (exact) mass is 477 g/mol. The molecule has 180 valence electrons. The third-order valence-electron chi connectivity index (χ3n) is 4.92. The van der Waals surface area contributed by atoms with Crippen LogP contribution in [0.5, 0.6) is 0 Å². The summed E-state index contributed by atoms with van der Waals surface area (Å²) >= 11 is 0. The Balaban J connectivity index is 1.76. The molecule has 0 aliphatic carbocycles. The first kappa shape index (κ1) is 23.0. The Morgan fingerprint density at radius 1 is 1.35 bits per heavy atom. The first-order chi connectivity index (χ1) is 16.3. The molecule has 3 aromatic rings. The van der Waals surface area contributed by atoms with Crippen molar-refractivity contribution < 1.29 is 28.2 Å². The number of nitrogens with zero attached hydrogens (tertiary/aromatic N) is 7. The zero-order valence-electron chi connectivity index (χ0n) is 18.0. The van der Waals surface area contributed by atoms with Crippen LogP contribution >= 0.6 is 0 Å². The summed E-state index contributed by atoms with van der Waals surface area (Å²) in [6, 6.07) is 0. The van der Waals surface area contributed by atoms with Gasteiger partial charge in [-0.15, -0.1) is 5.10 Å². The van der Waals surface area contributed by atoms with Gasteiger partial charge >= 0.3 is 17.6 Å². The zero-order valence-corrected chi connectivity index (χ0v) is 18.0. The first-order valence-corrected chi connectivity index (χ1v) is 10.00. The van der Waals surface area contributed by atoms with Crippen LogP contribution in [-0.4, -0.2) is 76.7 Å². The molecule has 0 amide bonds. The van der Waals surface area contributed by atoms with Crippen LogP contribution in [0.4, 0.5) is 10.3 Å². The molecule has 4 rings (SSSR count). The highest BCUT2D eigenvalue weighted by Crippen LogP contribution is 2.35. The molecule has 4 atom stereocenters. The number of anilines is 1. The number of tetrazole rings is 1. The van der Waals surface area contributed by atoms with Gasteiger partial charge in [-0.05, 0) is 16.5 Å². The number of H-pyrrole nitrogens is 1. The maximum atomic E-state index is 15.2. The molecule has 15 nitrogen and oxygen atoms in total. The number of imidazole rings is 1. The van der Waals surface area contributed by atoms with Gasteiger partial charge < -0.3 is 19.9 Å². The predicted molar refractivity (Wildman–Crippen MR) is 110 cm³/mol. The topological polar surface area (TPSA) is 195 Å². The quantitative estimate of drug-likeness (QED) is 0.400. The number of aromatic amines is 1. The van der Waals surface area contributed by atoms with Crippen LogP contribution in [0.1, 0.15) is 25.9 Å². The lowest BCUT2D eigenvalue weighted by molar-refractivity contribution is -0.154. The minimum absolute atomic E-state index is 0.0368. The molecule has 0 unspecified atom stereocenters. The molecular formula is C18H20FN9O6. The van der Waals surface area contributed by atoms with E-state index in [-0.39, 0.29) is 23.7 Å². The first-order valence-electron chi connectivity index (χ1n) is 10.00. The molecule has 1 fully saturated rings. The fourth-order valence-corrected chi connectivity index (χ4v) is 3.54. The lowest BCUT2D eigenvalue weighted by Gasteiger charge is -2.19. The van der Waals surface area contributed by atoms with E-state index in [0.717, 1.165) is 18.4 Å². The van der Waals surface area contributed by atoms with Crippen molar-refractivity contribution in [2.75, 3.05) is 12.3 Å². The molecule has 1 aliphatic rings. The maximum absolute atomic E-state index is 15.2. The highest BCUT2D eigenvalue weighted by molar-refractivity contribution is 5.72. The van der Waals surface area contributed by atoms with E-state index in [1.807, 2.05) is 0 Å². The van der Waals surface area contributed by atoms with Gasteiger partial charge in [0.25, 0.3) is 0 Å². The van der Waals surface area contributed by atoms with Crippen LogP contribution in [-0.2, 0) is 30.3 Å². The summed E-state index contributed by atoms with van der Waals surface area (Å²) in [5, 5.41) is 13.2. The summed E-state index contributed by atoms with van der Waals surface area (Å²) in [7, 11) is 0. The van der Waals surface area contributed by atoms with E-state index in [2.05, 4.69) is 30.6 Å². The molecule has 0 radical (unpaired) electrons. The molecule has 1 aliphatic heterocycles. The standard InChI is InChI=1S/C18H20FN9O6/c1-8(29)32-7-11-13(19)14(33-9(2)30)16(34-11)28-15-10(6-21-17(20)22-15)27(18(28)31)5-3-4-12-23-25-26-24-12/h3-4,6,11,13-14,16H,5,7H2,1-2H3,(H2,20,21,22)(H,23,24,25,26)/b4-3+/t11-,13-,14-,16-/m1/s1. The number of halogens is 1. The van der Waals surface area contributed by atoms with E-state index >= 15 is 4.39 Å². The molecule has 0 aromatic carbocycles. The normalized spacial score (nSPS) is 22.4. The van der Waals surface area contributed by atoms with Gasteiger partial charge in [-0.25, -0.2) is 23.8 Å². The second kappa shape index (κ2) is 9.34. The number of alkyl halides is 1. The number of hydrogen-bond acceptors (Lipinski definition) is 12. The van der Waals surface area contributed by atoms with Crippen LogP contribution in [0.3, 0.4) is 0 Å². The SMILES string of the molecule is CC(=O)OC[C@H]1O[C@@H](n2c(=O)n(C/C=C/c3nnn[nH]3)c3cnc(N)nc32)[C@H](OC(C)=O)[C@@H]1F. The Hall–Kier alpha value is -4.21. The van der Waals surface area contributed by atoms with Gasteiger partial charge in [0, 0.05) is 20.4 Å². The van der Waals surface area contributed by atoms with Crippen LogP contribution in [0.2, 0.25) is 0 Å². The zero-order chi connectivity index (χ0) is 24.4. The van der Waals surface area contributed by atoms with Crippen molar-refractivity contribution in [1.82, 2.24) is 39.7 Å². The highest BCUT2D eigenvalue weighted by atomic mass is 19.1. The van der Waals surface area contributed by atoms with Crippen LogP contribution < -0.4 is 11.4 Å². The summed E-state index contributed by atoms with van der Waals surface area (Å²) in [6.07, 6.45) is -1.62. The van der Waals surface area contributed by atoms with Crippen molar-refractivity contribution in [3.8, 4) is 0 Å².